The number of carboxylic acid groups (broad SMARTS) is 1. The summed E-state index contributed by atoms with van der Waals surface area (Å²) in [7, 11) is 0. The summed E-state index contributed by atoms with van der Waals surface area (Å²) < 4.78 is 39.2. The van der Waals surface area contributed by atoms with E-state index >= 15 is 0 Å². The van der Waals surface area contributed by atoms with Crippen LogP contribution in [0.2, 0.25) is 0 Å². The molecule has 2 heterocycles. The molecule has 0 aromatic carbocycles. The number of alkyl halides is 3. The summed E-state index contributed by atoms with van der Waals surface area (Å²) >= 11 is 0. The van der Waals surface area contributed by atoms with Gasteiger partial charge in [0.2, 0.25) is 11.8 Å². The zero-order valence-electron chi connectivity index (χ0n) is 16.4. The second-order valence-corrected chi connectivity index (χ2v) is 8.17. The van der Waals surface area contributed by atoms with Crippen LogP contribution >= 0.6 is 0 Å². The molecule has 0 radical (unpaired) electrons. The first-order valence-corrected chi connectivity index (χ1v) is 9.84. The fourth-order valence-corrected chi connectivity index (χ4v) is 4.82. The van der Waals surface area contributed by atoms with Crippen molar-refractivity contribution in [1.82, 2.24) is 14.8 Å². The molecule has 3 aliphatic carbocycles. The van der Waals surface area contributed by atoms with Crippen LogP contribution in [-0.4, -0.2) is 44.5 Å². The van der Waals surface area contributed by atoms with Gasteiger partial charge >= 0.3 is 12.1 Å². The maximum absolute atomic E-state index is 11.1. The molecular formula is C20H21F3N4O4. The van der Waals surface area contributed by atoms with Gasteiger partial charge in [0.15, 0.2) is 5.82 Å². The largest absolute Gasteiger partial charge is 0.490 e. The molecule has 5 rings (SSSR count). The van der Waals surface area contributed by atoms with Crippen molar-refractivity contribution in [3.8, 4) is 11.7 Å². The van der Waals surface area contributed by atoms with E-state index in [1.807, 2.05) is 12.3 Å². The van der Waals surface area contributed by atoms with Gasteiger partial charge in [0.1, 0.15) is 0 Å². The molecule has 0 aliphatic heterocycles. The molecule has 166 valence electrons. The standard InChI is InChI=1S/C18H20N4O2.C2HF3O2/c19-16(23)12-1-2-14(20-11-12)22-9-3-15(21-22)24-10-4-13-17(5-6-17)18(13)7-8-18;3-2(4,5)1(6)7/h1-3,9,11,13H,4-8,10H2,(H2,19,23);(H,6,7). The number of amides is 1. The number of halogens is 3. The first-order valence-electron chi connectivity index (χ1n) is 9.84. The third-order valence-electron chi connectivity index (χ3n) is 6.55. The highest BCUT2D eigenvalue weighted by atomic mass is 19.4. The molecule has 8 nitrogen and oxygen atoms in total. The minimum Gasteiger partial charge on any atom is -0.477 e. The Bertz CT molecular complexity index is 977. The van der Waals surface area contributed by atoms with Gasteiger partial charge < -0.3 is 15.6 Å². The Morgan fingerprint density at radius 3 is 2.26 bits per heavy atom. The molecule has 3 fully saturated rings. The topological polar surface area (TPSA) is 120 Å². The normalized spacial score (nSPS) is 19.5. The zero-order chi connectivity index (χ0) is 22.4. The number of rotatable bonds is 6. The van der Waals surface area contributed by atoms with Crippen LogP contribution in [-0.2, 0) is 4.79 Å². The minimum atomic E-state index is -5.08. The van der Waals surface area contributed by atoms with Crippen molar-refractivity contribution in [3.63, 3.8) is 0 Å². The quantitative estimate of drug-likeness (QED) is 0.716. The van der Waals surface area contributed by atoms with Crippen molar-refractivity contribution in [2.75, 3.05) is 6.61 Å². The maximum atomic E-state index is 11.1. The van der Waals surface area contributed by atoms with Crippen molar-refractivity contribution in [3.05, 3.63) is 36.2 Å². The SMILES string of the molecule is NC(=O)c1ccc(-n2ccc(OCCC3C4(CC4)C34CC4)n2)nc1.O=C(O)C(F)(F)F. The van der Waals surface area contributed by atoms with E-state index in [9.17, 15) is 18.0 Å². The Morgan fingerprint density at radius 2 is 1.81 bits per heavy atom. The number of primary amides is 1. The summed E-state index contributed by atoms with van der Waals surface area (Å²) in [5, 5.41) is 11.5. The lowest BCUT2D eigenvalue weighted by Crippen LogP contribution is -2.21. The highest BCUT2D eigenvalue weighted by molar-refractivity contribution is 5.92. The number of carboxylic acids is 1. The van der Waals surface area contributed by atoms with Crippen LogP contribution in [0.15, 0.2) is 30.6 Å². The molecule has 2 aromatic rings. The summed E-state index contributed by atoms with van der Waals surface area (Å²) in [4.78, 5) is 24.2. The average molecular weight is 438 g/mol. The van der Waals surface area contributed by atoms with Crippen LogP contribution in [0.4, 0.5) is 13.2 Å². The van der Waals surface area contributed by atoms with Gasteiger partial charge in [0, 0.05) is 18.5 Å². The number of hydrogen-bond acceptors (Lipinski definition) is 5. The molecule has 31 heavy (non-hydrogen) atoms. The molecule has 2 aromatic heterocycles. The van der Waals surface area contributed by atoms with Crippen LogP contribution in [0, 0.1) is 16.7 Å². The number of nitrogens with zero attached hydrogens (tertiary/aromatic N) is 3. The van der Waals surface area contributed by atoms with Crippen molar-refractivity contribution in [2.45, 2.75) is 38.3 Å². The van der Waals surface area contributed by atoms with Crippen molar-refractivity contribution >= 4 is 11.9 Å². The predicted octanol–water partition coefficient (Wildman–Crippen LogP) is 2.96. The van der Waals surface area contributed by atoms with Gasteiger partial charge in [-0.25, -0.2) is 14.5 Å². The average Bonchev–Trinajstić information content (AvgIpc) is 3.66. The van der Waals surface area contributed by atoms with E-state index in [1.165, 1.54) is 31.9 Å². The number of carbonyl (C=O) groups excluding carboxylic acids is 1. The lowest BCUT2D eigenvalue weighted by molar-refractivity contribution is -0.192. The molecule has 0 saturated heterocycles. The number of aliphatic carboxylic acids is 1. The Balaban J connectivity index is 0.000000289. The van der Waals surface area contributed by atoms with E-state index < -0.39 is 18.1 Å². The van der Waals surface area contributed by atoms with Crippen LogP contribution in [0.3, 0.4) is 0 Å². The van der Waals surface area contributed by atoms with Crippen LogP contribution < -0.4 is 10.5 Å². The predicted molar refractivity (Wildman–Crippen MR) is 101 cm³/mol. The smallest absolute Gasteiger partial charge is 0.477 e. The second kappa shape index (κ2) is 7.24. The first kappa shape index (κ1) is 21.1. The van der Waals surface area contributed by atoms with Crippen molar-refractivity contribution in [2.24, 2.45) is 22.5 Å². The Kier molecular flexibility index (Phi) is 4.94. The van der Waals surface area contributed by atoms with Gasteiger partial charge in [-0.15, -0.1) is 5.10 Å². The number of ether oxygens (including phenoxy) is 1. The van der Waals surface area contributed by atoms with Gasteiger partial charge in [-0.3, -0.25) is 4.79 Å². The Hall–Kier alpha value is -3.11. The molecule has 11 heteroatoms. The maximum Gasteiger partial charge on any atom is 0.490 e. The molecule has 3 aliphatic rings. The molecule has 0 bridgehead atoms. The Labute approximate surface area is 175 Å². The number of fused-ring (bicyclic) bond motifs is 1. The van der Waals surface area contributed by atoms with E-state index in [4.69, 9.17) is 20.4 Å². The van der Waals surface area contributed by atoms with Gasteiger partial charge in [-0.2, -0.15) is 13.2 Å². The van der Waals surface area contributed by atoms with Crippen LogP contribution in [0.5, 0.6) is 5.88 Å². The van der Waals surface area contributed by atoms with E-state index in [2.05, 4.69) is 10.1 Å². The van der Waals surface area contributed by atoms with Gasteiger partial charge in [0.25, 0.3) is 0 Å². The van der Waals surface area contributed by atoms with E-state index in [0.29, 0.717) is 17.3 Å². The Morgan fingerprint density at radius 1 is 1.19 bits per heavy atom. The summed E-state index contributed by atoms with van der Waals surface area (Å²) in [6, 6.07) is 5.20. The fraction of sp³-hybridized carbons (Fsp3) is 0.500. The number of hydrogen-bond donors (Lipinski definition) is 2. The highest BCUT2D eigenvalue weighted by Crippen LogP contribution is 2.93. The summed E-state index contributed by atoms with van der Waals surface area (Å²) in [6.07, 6.45) is 5.11. The molecule has 0 atom stereocenters. The number of nitrogens with two attached hydrogens (primary N) is 1. The van der Waals surface area contributed by atoms with Gasteiger partial charge in [0.05, 0.1) is 12.2 Å². The van der Waals surface area contributed by atoms with E-state index in [0.717, 1.165) is 29.8 Å². The van der Waals surface area contributed by atoms with Crippen molar-refractivity contribution < 1.29 is 32.6 Å². The van der Waals surface area contributed by atoms with Gasteiger partial charge in [-0.05, 0) is 61.0 Å². The molecule has 0 unspecified atom stereocenters. The molecule has 3 saturated carbocycles. The molecular weight excluding hydrogens is 417 g/mol. The second-order valence-electron chi connectivity index (χ2n) is 8.17. The third kappa shape index (κ3) is 3.96. The number of pyridine rings is 1. The van der Waals surface area contributed by atoms with Crippen LogP contribution in [0.25, 0.3) is 5.82 Å². The number of aromatic nitrogens is 3. The molecule has 1 amide bonds. The summed E-state index contributed by atoms with van der Waals surface area (Å²) in [6.45, 7) is 0.735. The molecule has 3 N–H and O–H groups in total. The summed E-state index contributed by atoms with van der Waals surface area (Å²) in [5.41, 5.74) is 7.08. The highest BCUT2D eigenvalue weighted by Gasteiger charge is 2.85. The third-order valence-corrected chi connectivity index (χ3v) is 6.55. The minimum absolute atomic E-state index is 0.384. The van der Waals surface area contributed by atoms with Gasteiger partial charge in [-0.1, -0.05) is 0 Å². The van der Waals surface area contributed by atoms with E-state index in [-0.39, 0.29) is 0 Å². The molecule has 2 spiro atoms. The zero-order valence-corrected chi connectivity index (χ0v) is 16.4. The first-order chi connectivity index (χ1) is 14.6. The monoisotopic (exact) mass is 438 g/mol. The lowest BCUT2D eigenvalue weighted by atomic mass is 10.2. The lowest BCUT2D eigenvalue weighted by Gasteiger charge is -2.03. The van der Waals surface area contributed by atoms with Crippen molar-refractivity contribution in [1.29, 1.82) is 0 Å². The van der Waals surface area contributed by atoms with E-state index in [1.54, 1.807) is 16.8 Å². The van der Waals surface area contributed by atoms with Crippen LogP contribution in [0.1, 0.15) is 42.5 Å². The fourth-order valence-electron chi connectivity index (χ4n) is 4.82. The number of carbonyl (C=O) groups is 2. The summed E-state index contributed by atoms with van der Waals surface area (Å²) in [5.74, 6) is -1.10.